The smallest absolute Gasteiger partial charge is 0.255 e. The first-order valence-electron chi connectivity index (χ1n) is 10.4. The third-order valence-electron chi connectivity index (χ3n) is 6.90. The third-order valence-corrected chi connectivity index (χ3v) is 6.90. The number of fused-ring (bicyclic) bond motifs is 3. The average Bonchev–Trinajstić information content (AvgIpc) is 2.70. The summed E-state index contributed by atoms with van der Waals surface area (Å²) >= 11 is 0. The molecule has 0 spiro atoms. The van der Waals surface area contributed by atoms with Crippen molar-refractivity contribution in [1.29, 1.82) is 0 Å². The third kappa shape index (κ3) is 2.90. The van der Waals surface area contributed by atoms with E-state index in [4.69, 9.17) is 5.73 Å². The molecule has 174 valence electrons. The van der Waals surface area contributed by atoms with Gasteiger partial charge in [-0.3, -0.25) is 19.2 Å². The van der Waals surface area contributed by atoms with Crippen LogP contribution >= 0.6 is 0 Å². The topological polar surface area (TPSA) is 178 Å². The molecule has 0 heterocycles. The molecule has 10 heteroatoms. The van der Waals surface area contributed by atoms with Crippen LogP contribution in [0.1, 0.15) is 41.3 Å². The van der Waals surface area contributed by atoms with Gasteiger partial charge in [-0.05, 0) is 37.3 Å². The van der Waals surface area contributed by atoms with E-state index in [9.17, 15) is 39.6 Å². The Labute approximate surface area is 188 Å². The summed E-state index contributed by atoms with van der Waals surface area (Å²) in [5.41, 5.74) is 2.39. The van der Waals surface area contributed by atoms with E-state index in [0.29, 0.717) is 11.3 Å². The second kappa shape index (κ2) is 7.17. The van der Waals surface area contributed by atoms with Gasteiger partial charge in [-0.25, -0.2) is 0 Å². The van der Waals surface area contributed by atoms with Crippen LogP contribution in [0.25, 0.3) is 5.76 Å². The fraction of sp³-hybridized carbons (Fsp3) is 0.391. The van der Waals surface area contributed by atoms with E-state index in [2.05, 4.69) is 0 Å². The predicted octanol–water partition coefficient (Wildman–Crippen LogP) is 0.692. The number of benzene rings is 1. The lowest BCUT2D eigenvalue weighted by molar-refractivity contribution is -0.147. The summed E-state index contributed by atoms with van der Waals surface area (Å²) in [5, 5.41) is 43.7. The van der Waals surface area contributed by atoms with Gasteiger partial charge in [0.15, 0.2) is 17.2 Å². The number of carbonyl (C=O) groups excluding carboxylic acids is 4. The summed E-state index contributed by atoms with van der Waals surface area (Å²) < 4.78 is 0. The largest absolute Gasteiger partial charge is 0.508 e. The molecule has 0 saturated heterocycles. The van der Waals surface area contributed by atoms with E-state index < -0.39 is 63.5 Å². The van der Waals surface area contributed by atoms with Crippen molar-refractivity contribution in [2.24, 2.45) is 17.6 Å². The number of phenols is 1. The molecule has 1 fully saturated rings. The van der Waals surface area contributed by atoms with Crippen molar-refractivity contribution < 1.29 is 39.6 Å². The van der Waals surface area contributed by atoms with Gasteiger partial charge in [0.05, 0.1) is 11.1 Å². The molecule has 1 amide bonds. The monoisotopic (exact) mass is 456 g/mol. The van der Waals surface area contributed by atoms with E-state index in [1.165, 1.54) is 13.0 Å². The number of amides is 1. The minimum Gasteiger partial charge on any atom is -0.508 e. The molecule has 1 aromatic carbocycles. The van der Waals surface area contributed by atoms with Crippen LogP contribution in [0, 0.1) is 11.8 Å². The van der Waals surface area contributed by atoms with Gasteiger partial charge in [0.1, 0.15) is 22.8 Å². The lowest BCUT2D eigenvalue weighted by atomic mass is 9.59. The van der Waals surface area contributed by atoms with Crippen LogP contribution in [0.15, 0.2) is 23.0 Å². The zero-order valence-electron chi connectivity index (χ0n) is 18.3. The number of aromatic hydroxyl groups is 1. The summed E-state index contributed by atoms with van der Waals surface area (Å²) in [4.78, 5) is 51.4. The molecule has 1 aromatic rings. The summed E-state index contributed by atoms with van der Waals surface area (Å²) in [6.45, 7) is 1.25. The highest BCUT2D eigenvalue weighted by Gasteiger charge is 2.60. The van der Waals surface area contributed by atoms with Gasteiger partial charge in [-0.15, -0.1) is 0 Å². The van der Waals surface area contributed by atoms with Gasteiger partial charge in [0, 0.05) is 37.7 Å². The van der Waals surface area contributed by atoms with Crippen molar-refractivity contribution in [1.82, 2.24) is 0 Å². The molecule has 0 aromatic heterocycles. The van der Waals surface area contributed by atoms with E-state index >= 15 is 0 Å². The molecule has 4 rings (SSSR count). The minimum atomic E-state index is -2.62. The number of hydrogen-bond acceptors (Lipinski definition) is 9. The Balaban J connectivity index is 1.99. The Morgan fingerprint density at radius 3 is 2.33 bits per heavy atom. The van der Waals surface area contributed by atoms with Gasteiger partial charge < -0.3 is 31.1 Å². The molecule has 0 radical (unpaired) electrons. The molecule has 0 bridgehead atoms. The number of carbonyl (C=O) groups is 4. The van der Waals surface area contributed by atoms with Crippen LogP contribution < -0.4 is 10.6 Å². The fourth-order valence-corrected chi connectivity index (χ4v) is 5.34. The van der Waals surface area contributed by atoms with Crippen molar-refractivity contribution in [3.8, 4) is 5.75 Å². The highest BCUT2D eigenvalue weighted by atomic mass is 16.3. The number of phenolic OH excluding ortho intramolecular Hbond substituents is 1. The highest BCUT2D eigenvalue weighted by molar-refractivity contribution is 6.22. The number of Topliss-reactive ketones (excluding diaryl/α,β-unsaturated/α-hetero) is 3. The quantitative estimate of drug-likeness (QED) is 0.323. The van der Waals surface area contributed by atoms with E-state index in [1.807, 2.05) is 0 Å². The minimum absolute atomic E-state index is 0.0466. The molecule has 33 heavy (non-hydrogen) atoms. The Bertz CT molecular complexity index is 1230. The SMILES string of the molecule is CC(=O)c1cc(N(C)C)c2c(c1O)C(O)=C1C(=O)[C@]3(O)C(O)=C(C(N)=O)C(=O)CC3CC1C2. The van der Waals surface area contributed by atoms with Crippen molar-refractivity contribution in [3.05, 3.63) is 39.7 Å². The molecule has 0 aliphatic heterocycles. The standard InChI is InChI=1S/C23H24N2O8/c1-8(26)11-7-13(25(2)3)12-5-9-4-10-6-14(27)17(22(24)32)21(31)23(10,33)20(30)15(9)19(29)16(12)18(11)28/h7,9-10,28-29,31,33H,4-6H2,1-3H3,(H2,24,32)/t9?,10?,23-/m0/s1. The molecule has 6 N–H and O–H groups in total. The summed E-state index contributed by atoms with van der Waals surface area (Å²) in [6, 6.07) is 1.51. The number of nitrogens with two attached hydrogens (primary N) is 1. The Kier molecular flexibility index (Phi) is 4.90. The first-order valence-corrected chi connectivity index (χ1v) is 10.4. The highest BCUT2D eigenvalue weighted by Crippen LogP contribution is 2.53. The molecule has 3 aliphatic carbocycles. The summed E-state index contributed by atoms with van der Waals surface area (Å²) in [7, 11) is 3.46. The molecule has 2 unspecified atom stereocenters. The maximum Gasteiger partial charge on any atom is 0.255 e. The molecule has 3 atom stereocenters. The Morgan fingerprint density at radius 2 is 1.79 bits per heavy atom. The number of aliphatic hydroxyl groups is 3. The van der Waals surface area contributed by atoms with Crippen LogP contribution in [-0.2, 0) is 20.8 Å². The van der Waals surface area contributed by atoms with Gasteiger partial charge >= 0.3 is 0 Å². The number of nitrogens with zero attached hydrogens (tertiary/aromatic N) is 1. The fourth-order valence-electron chi connectivity index (χ4n) is 5.34. The average molecular weight is 456 g/mol. The lowest BCUT2D eigenvalue weighted by Crippen LogP contribution is -2.58. The van der Waals surface area contributed by atoms with E-state index in [-0.39, 0.29) is 36.0 Å². The predicted molar refractivity (Wildman–Crippen MR) is 116 cm³/mol. The van der Waals surface area contributed by atoms with Crippen molar-refractivity contribution in [2.75, 3.05) is 19.0 Å². The number of rotatable bonds is 3. The number of primary amides is 1. The maximum absolute atomic E-state index is 13.5. The van der Waals surface area contributed by atoms with Crippen molar-refractivity contribution in [2.45, 2.75) is 31.8 Å². The van der Waals surface area contributed by atoms with Crippen LogP contribution in [0.3, 0.4) is 0 Å². The number of aliphatic hydroxyl groups excluding tert-OH is 2. The molecule has 3 aliphatic rings. The van der Waals surface area contributed by atoms with Gasteiger partial charge in [-0.1, -0.05) is 0 Å². The maximum atomic E-state index is 13.5. The van der Waals surface area contributed by atoms with Gasteiger partial charge in [0.25, 0.3) is 5.91 Å². The number of anilines is 1. The molecule has 10 nitrogen and oxygen atoms in total. The van der Waals surface area contributed by atoms with E-state index in [0.717, 1.165) is 0 Å². The van der Waals surface area contributed by atoms with E-state index in [1.54, 1.807) is 19.0 Å². The second-order valence-corrected chi connectivity index (χ2v) is 9.00. The Hall–Kier alpha value is -3.66. The van der Waals surface area contributed by atoms with Crippen LogP contribution in [0.4, 0.5) is 5.69 Å². The molecular formula is C23H24N2O8. The van der Waals surface area contributed by atoms with Crippen LogP contribution in [-0.4, -0.2) is 63.4 Å². The van der Waals surface area contributed by atoms with Gasteiger partial charge in [-0.2, -0.15) is 0 Å². The zero-order valence-corrected chi connectivity index (χ0v) is 18.3. The van der Waals surface area contributed by atoms with Crippen LogP contribution in [0.2, 0.25) is 0 Å². The summed E-state index contributed by atoms with van der Waals surface area (Å²) in [5.74, 6) is -7.47. The molecular weight excluding hydrogens is 432 g/mol. The zero-order chi connectivity index (χ0) is 24.6. The lowest BCUT2D eigenvalue weighted by Gasteiger charge is -2.46. The Morgan fingerprint density at radius 1 is 1.15 bits per heavy atom. The molecule has 1 saturated carbocycles. The second-order valence-electron chi connectivity index (χ2n) is 9.00. The van der Waals surface area contributed by atoms with Gasteiger partial charge in [0.2, 0.25) is 5.78 Å². The van der Waals surface area contributed by atoms with Crippen LogP contribution in [0.5, 0.6) is 5.75 Å². The summed E-state index contributed by atoms with van der Waals surface area (Å²) in [6.07, 6.45) is -0.157. The van der Waals surface area contributed by atoms with Crippen molar-refractivity contribution in [3.63, 3.8) is 0 Å². The normalized spacial score (nSPS) is 26.5. The first-order chi connectivity index (χ1) is 15.3. The van der Waals surface area contributed by atoms with Crippen molar-refractivity contribution >= 4 is 34.7 Å². The number of hydrogen-bond donors (Lipinski definition) is 5. The number of ketones is 3. The first kappa shape index (κ1) is 22.5.